The normalized spacial score (nSPS) is 13.2. The molecule has 0 amide bonds. The predicted molar refractivity (Wildman–Crippen MR) is 59.6 cm³/mol. The van der Waals surface area contributed by atoms with E-state index in [4.69, 9.17) is 4.74 Å². The molecule has 110 valence electrons. The first-order valence-corrected chi connectivity index (χ1v) is 5.13. The first-order valence-electron chi connectivity index (χ1n) is 5.13. The number of rotatable bonds is 4. The van der Waals surface area contributed by atoms with Crippen molar-refractivity contribution in [2.45, 2.75) is 12.1 Å². The molecule has 0 spiro atoms. The number of benzene rings is 1. The van der Waals surface area contributed by atoms with E-state index < -0.39 is 23.6 Å². The number of ether oxygens (including phenoxy) is 1. The number of alkyl halides is 5. The largest absolute Gasteiger partial charge is 0.507 e. The highest BCUT2D eigenvalue weighted by Gasteiger charge is 2.62. The Kier molecular flexibility index (Phi) is 4.36. The fourth-order valence-corrected chi connectivity index (χ4v) is 1.20. The summed E-state index contributed by atoms with van der Waals surface area (Å²) in [7, 11) is 1.36. The number of carbonyl (C=O) groups is 1. The maximum atomic E-state index is 12.7. The quantitative estimate of drug-likeness (QED) is 0.526. The van der Waals surface area contributed by atoms with Gasteiger partial charge in [0, 0.05) is 11.6 Å². The molecule has 1 aromatic carbocycles. The van der Waals surface area contributed by atoms with Gasteiger partial charge >= 0.3 is 12.1 Å². The number of methoxy groups -OCH3 is 1. The molecule has 0 atom stereocenters. The third-order valence-corrected chi connectivity index (χ3v) is 2.32. The molecule has 0 aliphatic rings. The fourth-order valence-electron chi connectivity index (χ4n) is 1.20. The van der Waals surface area contributed by atoms with E-state index in [1.165, 1.54) is 31.4 Å². The molecule has 0 radical (unpaired) electrons. The van der Waals surface area contributed by atoms with E-state index in [-0.39, 0.29) is 11.6 Å². The van der Waals surface area contributed by atoms with Crippen LogP contribution >= 0.6 is 0 Å². The zero-order chi connectivity index (χ0) is 15.6. The molecule has 1 N–H and O–H groups in total. The van der Waals surface area contributed by atoms with Crippen LogP contribution in [0.1, 0.15) is 5.56 Å². The van der Waals surface area contributed by atoms with Gasteiger partial charge in [0.1, 0.15) is 11.5 Å². The summed E-state index contributed by atoms with van der Waals surface area (Å²) in [5, 5.41) is 9.38. The second-order valence-corrected chi connectivity index (χ2v) is 3.69. The predicted octanol–water partition coefficient (Wildman–Crippen LogP) is 3.36. The first kappa shape index (κ1) is 15.9. The number of ketones is 1. The Labute approximate surface area is 110 Å². The first-order chi connectivity index (χ1) is 9.09. The number of hydrogen-bond donors (Lipinski definition) is 1. The van der Waals surface area contributed by atoms with Crippen molar-refractivity contribution in [3.8, 4) is 5.75 Å². The van der Waals surface area contributed by atoms with Gasteiger partial charge in [-0.3, -0.25) is 4.79 Å². The van der Waals surface area contributed by atoms with Crippen molar-refractivity contribution in [3.05, 3.63) is 35.9 Å². The summed E-state index contributed by atoms with van der Waals surface area (Å²) in [5.74, 6) is -8.71. The van der Waals surface area contributed by atoms with Crippen molar-refractivity contribution in [2.75, 3.05) is 7.11 Å². The summed E-state index contributed by atoms with van der Waals surface area (Å²) < 4.78 is 65.9. The Morgan fingerprint density at radius 2 is 1.65 bits per heavy atom. The monoisotopic (exact) mass is 296 g/mol. The van der Waals surface area contributed by atoms with Gasteiger partial charge in [-0.15, -0.1) is 0 Å². The molecule has 0 aromatic heterocycles. The van der Waals surface area contributed by atoms with Crippen molar-refractivity contribution in [2.24, 2.45) is 0 Å². The highest BCUT2D eigenvalue weighted by atomic mass is 19.4. The summed E-state index contributed by atoms with van der Waals surface area (Å²) in [6.07, 6.45) is -6.17. The zero-order valence-electron chi connectivity index (χ0n) is 10.0. The lowest BCUT2D eigenvalue weighted by Crippen LogP contribution is -2.43. The maximum Gasteiger partial charge on any atom is 0.461 e. The molecule has 0 aliphatic carbocycles. The number of aliphatic hydroxyl groups excluding tert-OH is 1. The van der Waals surface area contributed by atoms with Crippen molar-refractivity contribution in [1.82, 2.24) is 0 Å². The minimum Gasteiger partial charge on any atom is -0.507 e. The fraction of sp³-hybridized carbons (Fsp3) is 0.250. The second-order valence-electron chi connectivity index (χ2n) is 3.69. The van der Waals surface area contributed by atoms with E-state index in [9.17, 15) is 31.9 Å². The molecule has 0 heterocycles. The Morgan fingerprint density at radius 1 is 1.15 bits per heavy atom. The van der Waals surface area contributed by atoms with E-state index in [1.807, 2.05) is 0 Å². The van der Waals surface area contributed by atoms with Gasteiger partial charge in [0.2, 0.25) is 5.78 Å². The third-order valence-electron chi connectivity index (χ3n) is 2.32. The van der Waals surface area contributed by atoms with Gasteiger partial charge in [-0.2, -0.15) is 22.0 Å². The molecular formula is C12H9F5O3. The van der Waals surface area contributed by atoms with Crippen molar-refractivity contribution >= 4 is 11.5 Å². The SMILES string of the molecule is COc1ccc(C(O)=CC(=O)C(F)(F)C(F)(F)F)cc1. The number of aliphatic hydroxyl groups is 1. The average molecular weight is 296 g/mol. The van der Waals surface area contributed by atoms with Gasteiger partial charge in [0.05, 0.1) is 7.11 Å². The zero-order valence-corrected chi connectivity index (χ0v) is 10.0. The van der Waals surface area contributed by atoms with Crippen molar-refractivity contribution in [1.29, 1.82) is 0 Å². The summed E-state index contributed by atoms with van der Waals surface area (Å²) >= 11 is 0. The molecule has 1 aromatic rings. The van der Waals surface area contributed by atoms with E-state index >= 15 is 0 Å². The third kappa shape index (κ3) is 3.25. The Balaban J connectivity index is 3.01. The highest BCUT2D eigenvalue weighted by molar-refractivity contribution is 6.00. The molecule has 8 heteroatoms. The molecule has 0 unspecified atom stereocenters. The van der Waals surface area contributed by atoms with Crippen LogP contribution in [0.3, 0.4) is 0 Å². The number of allylic oxidation sites excluding steroid dienone is 1. The Morgan fingerprint density at radius 3 is 2.05 bits per heavy atom. The molecule has 20 heavy (non-hydrogen) atoms. The van der Waals surface area contributed by atoms with E-state index in [0.717, 1.165) is 0 Å². The Bertz CT molecular complexity index is 517. The molecule has 0 aliphatic heterocycles. The minimum absolute atomic E-state index is 0.0999. The summed E-state index contributed by atoms with van der Waals surface area (Å²) in [6.45, 7) is 0. The molecule has 0 saturated heterocycles. The molecule has 0 fully saturated rings. The lowest BCUT2D eigenvalue weighted by molar-refractivity contribution is -0.266. The maximum absolute atomic E-state index is 12.7. The smallest absolute Gasteiger partial charge is 0.461 e. The van der Waals surface area contributed by atoms with Crippen LogP contribution < -0.4 is 4.74 Å². The van der Waals surface area contributed by atoms with Crippen LogP contribution in [-0.4, -0.2) is 30.1 Å². The summed E-state index contributed by atoms with van der Waals surface area (Å²) in [4.78, 5) is 10.9. The number of hydrogen-bond acceptors (Lipinski definition) is 3. The van der Waals surface area contributed by atoms with Gasteiger partial charge < -0.3 is 9.84 Å². The van der Waals surface area contributed by atoms with Gasteiger partial charge in [-0.05, 0) is 24.3 Å². The number of carbonyl (C=O) groups excluding carboxylic acids is 1. The van der Waals surface area contributed by atoms with Crippen LogP contribution in [0.5, 0.6) is 5.75 Å². The molecular weight excluding hydrogens is 287 g/mol. The minimum atomic E-state index is -6.01. The average Bonchev–Trinajstić information content (AvgIpc) is 2.37. The highest BCUT2D eigenvalue weighted by Crippen LogP contribution is 2.36. The summed E-state index contributed by atoms with van der Waals surface area (Å²) in [5.41, 5.74) is -0.0999. The van der Waals surface area contributed by atoms with Gasteiger partial charge in [0.25, 0.3) is 0 Å². The van der Waals surface area contributed by atoms with Crippen LogP contribution in [0.4, 0.5) is 22.0 Å². The van der Waals surface area contributed by atoms with Crippen molar-refractivity contribution < 1.29 is 36.6 Å². The molecule has 3 nitrogen and oxygen atoms in total. The molecule has 1 rings (SSSR count). The van der Waals surface area contributed by atoms with Gasteiger partial charge in [-0.25, -0.2) is 0 Å². The topological polar surface area (TPSA) is 46.5 Å². The van der Waals surface area contributed by atoms with Gasteiger partial charge in [0.15, 0.2) is 0 Å². The van der Waals surface area contributed by atoms with Crippen LogP contribution in [0.25, 0.3) is 5.76 Å². The van der Waals surface area contributed by atoms with E-state index in [1.54, 1.807) is 0 Å². The van der Waals surface area contributed by atoms with Crippen LogP contribution in [0.2, 0.25) is 0 Å². The van der Waals surface area contributed by atoms with Crippen LogP contribution in [-0.2, 0) is 4.79 Å². The van der Waals surface area contributed by atoms with E-state index in [2.05, 4.69) is 0 Å². The Hall–Kier alpha value is -2.12. The summed E-state index contributed by atoms with van der Waals surface area (Å²) in [6, 6.07) is 5.07. The molecule has 0 bridgehead atoms. The van der Waals surface area contributed by atoms with E-state index in [0.29, 0.717) is 5.75 Å². The van der Waals surface area contributed by atoms with Crippen LogP contribution in [0.15, 0.2) is 30.3 Å². The van der Waals surface area contributed by atoms with Crippen molar-refractivity contribution in [3.63, 3.8) is 0 Å². The second kappa shape index (κ2) is 5.48. The number of halogens is 5. The standard InChI is InChI=1S/C12H9F5O3/c1-20-8-4-2-7(3-5-8)9(18)6-10(19)11(13,14)12(15,16)17/h2-6,18H,1H3. The van der Waals surface area contributed by atoms with Gasteiger partial charge in [-0.1, -0.05) is 0 Å². The van der Waals surface area contributed by atoms with Crippen LogP contribution in [0, 0.1) is 0 Å². The molecule has 0 saturated carbocycles. The lowest BCUT2D eigenvalue weighted by atomic mass is 10.1. The lowest BCUT2D eigenvalue weighted by Gasteiger charge is -2.16.